The Morgan fingerprint density at radius 2 is 2.10 bits per heavy atom. The molecule has 0 unspecified atom stereocenters. The standard InChI is InChI=1S/C16H14ClFN2S/c1-10-3-2-4-11(7-10)5-6-20-15-9-13(18)12(17)8-14(15)19-16(20)21/h2-4,7-9H,5-6H2,1H3,(H,19,21). The maximum atomic E-state index is 13.7. The normalized spacial score (nSPS) is 11.2. The van der Waals surface area contributed by atoms with Crippen LogP contribution in [-0.2, 0) is 13.0 Å². The molecule has 0 aliphatic heterocycles. The number of aromatic nitrogens is 2. The first-order valence-corrected chi connectivity index (χ1v) is 7.46. The van der Waals surface area contributed by atoms with Crippen molar-refractivity contribution in [2.75, 3.05) is 0 Å². The van der Waals surface area contributed by atoms with E-state index in [1.54, 1.807) is 6.07 Å². The Morgan fingerprint density at radius 3 is 2.86 bits per heavy atom. The van der Waals surface area contributed by atoms with E-state index in [4.69, 9.17) is 23.8 Å². The monoisotopic (exact) mass is 320 g/mol. The molecule has 0 atom stereocenters. The minimum absolute atomic E-state index is 0.101. The molecule has 0 fully saturated rings. The summed E-state index contributed by atoms with van der Waals surface area (Å²) in [6.07, 6.45) is 0.840. The van der Waals surface area contributed by atoms with Gasteiger partial charge in [-0.1, -0.05) is 41.4 Å². The van der Waals surface area contributed by atoms with E-state index in [-0.39, 0.29) is 5.02 Å². The molecule has 108 valence electrons. The average Bonchev–Trinajstić information content (AvgIpc) is 2.72. The van der Waals surface area contributed by atoms with Gasteiger partial charge in [0, 0.05) is 12.6 Å². The Balaban J connectivity index is 1.95. The predicted molar refractivity (Wildman–Crippen MR) is 87.0 cm³/mol. The van der Waals surface area contributed by atoms with Gasteiger partial charge >= 0.3 is 0 Å². The fourth-order valence-corrected chi connectivity index (χ4v) is 2.95. The van der Waals surface area contributed by atoms with Crippen LogP contribution in [0, 0.1) is 17.5 Å². The molecule has 0 amide bonds. The van der Waals surface area contributed by atoms with Gasteiger partial charge in [0.15, 0.2) is 4.77 Å². The summed E-state index contributed by atoms with van der Waals surface area (Å²) in [5, 5.41) is 0.101. The molecule has 0 aliphatic rings. The van der Waals surface area contributed by atoms with Crippen LogP contribution >= 0.6 is 23.8 Å². The van der Waals surface area contributed by atoms with Gasteiger partial charge < -0.3 is 9.55 Å². The molecule has 3 aromatic rings. The van der Waals surface area contributed by atoms with E-state index in [9.17, 15) is 4.39 Å². The van der Waals surface area contributed by atoms with Gasteiger partial charge in [0.1, 0.15) is 5.82 Å². The van der Waals surface area contributed by atoms with Crippen molar-refractivity contribution in [1.29, 1.82) is 0 Å². The molecule has 5 heteroatoms. The van der Waals surface area contributed by atoms with E-state index in [0.717, 1.165) is 17.5 Å². The van der Waals surface area contributed by atoms with Crippen molar-refractivity contribution < 1.29 is 4.39 Å². The number of benzene rings is 2. The van der Waals surface area contributed by atoms with E-state index in [1.807, 2.05) is 10.6 Å². The third kappa shape index (κ3) is 2.87. The second kappa shape index (κ2) is 5.62. The van der Waals surface area contributed by atoms with Crippen molar-refractivity contribution in [3.63, 3.8) is 0 Å². The smallest absolute Gasteiger partial charge is 0.178 e. The first-order chi connectivity index (χ1) is 10.0. The molecule has 0 radical (unpaired) electrons. The van der Waals surface area contributed by atoms with Crippen LogP contribution in [0.4, 0.5) is 4.39 Å². The summed E-state index contributed by atoms with van der Waals surface area (Å²) in [4.78, 5) is 3.07. The molecule has 2 aromatic carbocycles. The van der Waals surface area contributed by atoms with Crippen LogP contribution in [0.15, 0.2) is 36.4 Å². The molecular weight excluding hydrogens is 307 g/mol. The van der Waals surface area contributed by atoms with E-state index >= 15 is 0 Å². The molecule has 0 spiro atoms. The van der Waals surface area contributed by atoms with Crippen LogP contribution in [-0.4, -0.2) is 9.55 Å². The Hall–Kier alpha value is -1.65. The summed E-state index contributed by atoms with van der Waals surface area (Å²) >= 11 is 11.1. The van der Waals surface area contributed by atoms with Gasteiger partial charge in [-0.05, 0) is 37.2 Å². The van der Waals surface area contributed by atoms with Gasteiger partial charge in [0.2, 0.25) is 0 Å². The van der Waals surface area contributed by atoms with E-state index in [0.29, 0.717) is 11.3 Å². The lowest BCUT2D eigenvalue weighted by atomic mass is 10.1. The summed E-state index contributed by atoms with van der Waals surface area (Å²) in [6.45, 7) is 2.77. The molecule has 1 aromatic heterocycles. The van der Waals surface area contributed by atoms with Crippen LogP contribution in [0.1, 0.15) is 11.1 Å². The number of H-pyrrole nitrogens is 1. The van der Waals surface area contributed by atoms with Gasteiger partial charge in [0.25, 0.3) is 0 Å². The lowest BCUT2D eigenvalue weighted by molar-refractivity contribution is 0.627. The highest BCUT2D eigenvalue weighted by atomic mass is 35.5. The number of hydrogen-bond acceptors (Lipinski definition) is 1. The Bertz CT molecular complexity index is 866. The number of fused-ring (bicyclic) bond motifs is 1. The van der Waals surface area contributed by atoms with Crippen molar-refractivity contribution >= 4 is 34.9 Å². The second-order valence-corrected chi connectivity index (χ2v) is 5.90. The van der Waals surface area contributed by atoms with Crippen LogP contribution in [0.2, 0.25) is 5.02 Å². The Morgan fingerprint density at radius 1 is 1.29 bits per heavy atom. The molecule has 0 saturated carbocycles. The SMILES string of the molecule is Cc1cccc(CCn2c(=S)[nH]c3cc(Cl)c(F)cc32)c1. The molecular formula is C16H14ClFN2S. The minimum atomic E-state index is -0.428. The van der Waals surface area contributed by atoms with Gasteiger partial charge in [0.05, 0.1) is 16.1 Å². The van der Waals surface area contributed by atoms with Crippen LogP contribution < -0.4 is 0 Å². The van der Waals surface area contributed by atoms with E-state index in [1.165, 1.54) is 17.2 Å². The average molecular weight is 321 g/mol. The van der Waals surface area contributed by atoms with Crippen molar-refractivity contribution in [3.8, 4) is 0 Å². The summed E-state index contributed by atoms with van der Waals surface area (Å²) < 4.78 is 16.2. The van der Waals surface area contributed by atoms with Crippen LogP contribution in [0.5, 0.6) is 0 Å². The van der Waals surface area contributed by atoms with Gasteiger partial charge in [-0.2, -0.15) is 0 Å². The highest BCUT2D eigenvalue weighted by Gasteiger charge is 2.09. The number of imidazole rings is 1. The summed E-state index contributed by atoms with van der Waals surface area (Å²) in [7, 11) is 0. The number of aromatic amines is 1. The lowest BCUT2D eigenvalue weighted by Gasteiger charge is -2.06. The first-order valence-electron chi connectivity index (χ1n) is 6.68. The van der Waals surface area contributed by atoms with Crippen molar-refractivity contribution in [2.24, 2.45) is 0 Å². The zero-order valence-electron chi connectivity index (χ0n) is 11.5. The fourth-order valence-electron chi connectivity index (χ4n) is 2.48. The summed E-state index contributed by atoms with van der Waals surface area (Å²) in [5.74, 6) is -0.428. The number of aryl methyl sites for hydroxylation is 3. The van der Waals surface area contributed by atoms with Gasteiger partial charge in [-0.15, -0.1) is 0 Å². The number of halogens is 2. The van der Waals surface area contributed by atoms with Crippen LogP contribution in [0.25, 0.3) is 11.0 Å². The quantitative estimate of drug-likeness (QED) is 0.670. The topological polar surface area (TPSA) is 20.7 Å². The van der Waals surface area contributed by atoms with E-state index < -0.39 is 5.82 Å². The zero-order chi connectivity index (χ0) is 15.0. The van der Waals surface area contributed by atoms with Crippen molar-refractivity contribution in [3.05, 3.63) is 63.1 Å². The lowest BCUT2D eigenvalue weighted by Crippen LogP contribution is -2.01. The molecule has 0 saturated heterocycles. The molecule has 21 heavy (non-hydrogen) atoms. The zero-order valence-corrected chi connectivity index (χ0v) is 13.1. The number of rotatable bonds is 3. The summed E-state index contributed by atoms with van der Waals surface area (Å²) in [5.41, 5.74) is 3.97. The second-order valence-electron chi connectivity index (χ2n) is 5.10. The first kappa shape index (κ1) is 14.3. The molecule has 3 rings (SSSR count). The largest absolute Gasteiger partial charge is 0.331 e. The summed E-state index contributed by atoms with van der Waals surface area (Å²) in [6, 6.07) is 11.3. The Labute approximate surface area is 132 Å². The highest BCUT2D eigenvalue weighted by Crippen LogP contribution is 2.23. The molecule has 1 N–H and O–H groups in total. The maximum absolute atomic E-state index is 13.7. The number of hydrogen-bond donors (Lipinski definition) is 1. The molecule has 0 bridgehead atoms. The van der Waals surface area contributed by atoms with Gasteiger partial charge in [-0.3, -0.25) is 0 Å². The number of nitrogens with zero attached hydrogens (tertiary/aromatic N) is 1. The minimum Gasteiger partial charge on any atom is -0.331 e. The fraction of sp³-hybridized carbons (Fsp3) is 0.188. The van der Waals surface area contributed by atoms with Gasteiger partial charge in [-0.25, -0.2) is 4.39 Å². The number of nitrogens with one attached hydrogen (secondary N) is 1. The molecule has 1 heterocycles. The maximum Gasteiger partial charge on any atom is 0.178 e. The predicted octanol–water partition coefficient (Wildman–Crippen LogP) is 5.04. The Kier molecular flexibility index (Phi) is 3.83. The van der Waals surface area contributed by atoms with E-state index in [2.05, 4.69) is 30.1 Å². The molecule has 2 nitrogen and oxygen atoms in total. The third-order valence-corrected chi connectivity index (χ3v) is 4.13. The van der Waals surface area contributed by atoms with Crippen molar-refractivity contribution in [2.45, 2.75) is 19.9 Å². The third-order valence-electron chi connectivity index (χ3n) is 3.52. The highest BCUT2D eigenvalue weighted by molar-refractivity contribution is 7.71. The van der Waals surface area contributed by atoms with Crippen LogP contribution in [0.3, 0.4) is 0 Å². The molecule has 0 aliphatic carbocycles. The van der Waals surface area contributed by atoms with Crippen molar-refractivity contribution in [1.82, 2.24) is 9.55 Å².